The van der Waals surface area contributed by atoms with Crippen LogP contribution in [0.2, 0.25) is 0 Å². The maximum absolute atomic E-state index is 2.22. The van der Waals surface area contributed by atoms with Gasteiger partial charge in [0.1, 0.15) is 11.4 Å². The normalized spacial score (nSPS) is 15.4. The first kappa shape index (κ1) is 11.0. The molecule has 3 rings (SSSR count). The summed E-state index contributed by atoms with van der Waals surface area (Å²) in [6.07, 6.45) is 4.43. The van der Waals surface area contributed by atoms with Crippen LogP contribution in [0.1, 0.15) is 11.1 Å². The van der Waals surface area contributed by atoms with E-state index in [-0.39, 0.29) is 0 Å². The topological polar surface area (TPSA) is 4.44 Å². The molecule has 0 amide bonds. The van der Waals surface area contributed by atoms with E-state index in [0.717, 1.165) is 0 Å². The van der Waals surface area contributed by atoms with Gasteiger partial charge in [-0.15, -0.1) is 0 Å². The van der Waals surface area contributed by atoms with Crippen LogP contribution in [-0.4, -0.2) is 7.05 Å². The highest BCUT2D eigenvalue weighted by Gasteiger charge is 2.23. The Bertz CT molecular complexity index is 539. The van der Waals surface area contributed by atoms with Crippen molar-refractivity contribution in [3.63, 3.8) is 0 Å². The second-order valence-electron chi connectivity index (χ2n) is 4.52. The second-order valence-corrected chi connectivity index (χ2v) is 4.52. The minimum atomic E-state index is 1.29. The van der Waals surface area contributed by atoms with Crippen LogP contribution in [0.5, 0.6) is 0 Å². The lowest BCUT2D eigenvalue weighted by Gasteiger charge is -2.15. The molecule has 1 aliphatic rings. The molecule has 0 spiro atoms. The molecule has 2 aromatic rings. The molecule has 1 heteroatoms. The van der Waals surface area contributed by atoms with Crippen LogP contribution in [-0.2, 0) is 0 Å². The zero-order valence-corrected chi connectivity index (χ0v) is 10.4. The molecule has 1 aliphatic heterocycles. The summed E-state index contributed by atoms with van der Waals surface area (Å²) in [6.45, 7) is 0. The molecule has 0 saturated carbocycles. The maximum atomic E-state index is 2.22. The van der Waals surface area contributed by atoms with Crippen LogP contribution in [0, 0.1) is 0 Å². The molecule has 0 unspecified atom stereocenters. The van der Waals surface area contributed by atoms with Gasteiger partial charge in [0, 0.05) is 23.3 Å². The third kappa shape index (κ3) is 1.89. The van der Waals surface area contributed by atoms with Crippen LogP contribution in [0.3, 0.4) is 0 Å². The number of nitrogens with one attached hydrogen (secondary N) is 1. The van der Waals surface area contributed by atoms with E-state index in [1.165, 1.54) is 27.4 Å². The van der Waals surface area contributed by atoms with Gasteiger partial charge >= 0.3 is 0 Å². The standard InChI is InChI=1S/C17H15N/c1-18-16(14-8-4-2-5-9-14)12-13-17(18)15-10-6-3-7-11-15/h2-13H,1H3/p+1. The van der Waals surface area contributed by atoms with Gasteiger partial charge in [-0.1, -0.05) is 36.4 Å². The SMILES string of the molecule is C[NH+]1C(c2ccccc2)=CC=C1c1ccccc1. The fourth-order valence-electron chi connectivity index (χ4n) is 2.42. The van der Waals surface area contributed by atoms with Crippen molar-refractivity contribution in [2.75, 3.05) is 7.05 Å². The average molecular weight is 234 g/mol. The lowest BCUT2D eigenvalue weighted by atomic mass is 10.1. The Balaban J connectivity index is 1.90. The average Bonchev–Trinajstić information content (AvgIpc) is 2.83. The first-order chi connectivity index (χ1) is 8.86. The number of hydrogen-bond acceptors (Lipinski definition) is 0. The molecule has 18 heavy (non-hydrogen) atoms. The zero-order valence-electron chi connectivity index (χ0n) is 10.4. The van der Waals surface area contributed by atoms with Gasteiger partial charge < -0.3 is 0 Å². The quantitative estimate of drug-likeness (QED) is 0.814. The van der Waals surface area contributed by atoms with Gasteiger partial charge in [-0.3, -0.25) is 4.90 Å². The summed E-state index contributed by atoms with van der Waals surface area (Å²) in [5.41, 5.74) is 5.23. The molecule has 1 nitrogen and oxygen atoms in total. The van der Waals surface area contributed by atoms with Crippen LogP contribution in [0.15, 0.2) is 72.8 Å². The van der Waals surface area contributed by atoms with Crippen LogP contribution < -0.4 is 4.90 Å². The van der Waals surface area contributed by atoms with Crippen molar-refractivity contribution in [1.82, 2.24) is 0 Å². The van der Waals surface area contributed by atoms with Crippen molar-refractivity contribution >= 4 is 11.4 Å². The van der Waals surface area contributed by atoms with Crippen LogP contribution in [0.4, 0.5) is 0 Å². The summed E-state index contributed by atoms with van der Waals surface area (Å²) in [5, 5.41) is 0. The number of allylic oxidation sites excluding steroid dienone is 2. The molecule has 1 heterocycles. The number of quaternary nitrogens is 1. The molecule has 0 aliphatic carbocycles. The highest BCUT2D eigenvalue weighted by molar-refractivity contribution is 5.74. The van der Waals surface area contributed by atoms with Crippen molar-refractivity contribution in [2.24, 2.45) is 0 Å². The molecule has 0 aromatic heterocycles. The third-order valence-corrected chi connectivity index (χ3v) is 3.39. The van der Waals surface area contributed by atoms with Crippen molar-refractivity contribution < 1.29 is 4.90 Å². The highest BCUT2D eigenvalue weighted by Crippen LogP contribution is 2.18. The molecular formula is C17H16N+. The summed E-state index contributed by atoms with van der Waals surface area (Å²) in [5.74, 6) is 0. The van der Waals surface area contributed by atoms with Crippen molar-refractivity contribution in [1.29, 1.82) is 0 Å². The fourth-order valence-corrected chi connectivity index (χ4v) is 2.42. The first-order valence-corrected chi connectivity index (χ1v) is 6.23. The number of rotatable bonds is 2. The zero-order chi connectivity index (χ0) is 12.4. The van der Waals surface area contributed by atoms with Crippen LogP contribution >= 0.6 is 0 Å². The van der Waals surface area contributed by atoms with Gasteiger partial charge in [0.2, 0.25) is 0 Å². The maximum Gasteiger partial charge on any atom is 0.143 e. The third-order valence-electron chi connectivity index (χ3n) is 3.39. The van der Waals surface area contributed by atoms with E-state index in [1.807, 2.05) is 0 Å². The smallest absolute Gasteiger partial charge is 0.143 e. The van der Waals surface area contributed by atoms with Gasteiger partial charge in [0.05, 0.1) is 7.05 Å². The van der Waals surface area contributed by atoms with E-state index in [9.17, 15) is 0 Å². The molecule has 0 atom stereocenters. The molecule has 0 radical (unpaired) electrons. The fraction of sp³-hybridized carbons (Fsp3) is 0.0588. The Morgan fingerprint density at radius 3 is 1.39 bits per heavy atom. The number of hydrogen-bond donors (Lipinski definition) is 1. The van der Waals surface area contributed by atoms with Crippen molar-refractivity contribution in [3.8, 4) is 0 Å². The Hall–Kier alpha value is -2.12. The molecule has 0 saturated heterocycles. The van der Waals surface area contributed by atoms with Gasteiger partial charge in [0.25, 0.3) is 0 Å². The summed E-state index contributed by atoms with van der Waals surface area (Å²) in [6, 6.07) is 21.1. The largest absolute Gasteiger partial charge is 0.272 e. The summed E-state index contributed by atoms with van der Waals surface area (Å²) < 4.78 is 0. The van der Waals surface area contributed by atoms with E-state index >= 15 is 0 Å². The molecule has 0 bridgehead atoms. The Morgan fingerprint density at radius 1 is 0.611 bits per heavy atom. The monoisotopic (exact) mass is 234 g/mol. The second kappa shape index (κ2) is 4.63. The Morgan fingerprint density at radius 2 is 1.00 bits per heavy atom. The van der Waals surface area contributed by atoms with Gasteiger partial charge in [0.15, 0.2) is 0 Å². The Kier molecular flexibility index (Phi) is 2.83. The van der Waals surface area contributed by atoms with Gasteiger partial charge in [-0.2, -0.15) is 0 Å². The van der Waals surface area contributed by atoms with E-state index in [1.54, 1.807) is 0 Å². The van der Waals surface area contributed by atoms with Crippen molar-refractivity contribution in [2.45, 2.75) is 0 Å². The van der Waals surface area contributed by atoms with Crippen LogP contribution in [0.25, 0.3) is 11.4 Å². The van der Waals surface area contributed by atoms with Crippen molar-refractivity contribution in [3.05, 3.63) is 83.9 Å². The minimum Gasteiger partial charge on any atom is -0.272 e. The van der Waals surface area contributed by atoms with E-state index in [0.29, 0.717) is 0 Å². The first-order valence-electron chi connectivity index (χ1n) is 6.23. The Labute approximate surface area is 108 Å². The predicted molar refractivity (Wildman–Crippen MR) is 75.7 cm³/mol. The van der Waals surface area contributed by atoms with E-state index in [4.69, 9.17) is 0 Å². The highest BCUT2D eigenvalue weighted by atomic mass is 15.1. The molecule has 88 valence electrons. The van der Waals surface area contributed by atoms with E-state index in [2.05, 4.69) is 79.9 Å². The summed E-state index contributed by atoms with van der Waals surface area (Å²) in [4.78, 5) is 1.35. The summed E-state index contributed by atoms with van der Waals surface area (Å²) >= 11 is 0. The molecule has 1 N–H and O–H groups in total. The van der Waals surface area contributed by atoms with E-state index < -0.39 is 0 Å². The lowest BCUT2D eigenvalue weighted by molar-refractivity contribution is -0.716. The molecule has 2 aromatic carbocycles. The lowest BCUT2D eigenvalue weighted by Crippen LogP contribution is -3.02. The minimum absolute atomic E-state index is 1.29. The molecular weight excluding hydrogens is 218 g/mol. The van der Waals surface area contributed by atoms with Gasteiger partial charge in [-0.05, 0) is 24.3 Å². The number of benzene rings is 2. The predicted octanol–water partition coefficient (Wildman–Crippen LogP) is 2.60. The molecule has 0 fully saturated rings. The van der Waals surface area contributed by atoms with Gasteiger partial charge in [-0.25, -0.2) is 0 Å². The summed E-state index contributed by atoms with van der Waals surface area (Å²) in [7, 11) is 2.20.